The fourth-order valence-corrected chi connectivity index (χ4v) is 2.56. The largest absolute Gasteiger partial charge is 0.459 e. The molecule has 1 heterocycles. The Morgan fingerprint density at radius 3 is 2.08 bits per heavy atom. The van der Waals surface area contributed by atoms with E-state index in [4.69, 9.17) is 14.2 Å². The molecule has 1 fully saturated rings. The molecule has 0 aromatic heterocycles. The highest BCUT2D eigenvalue weighted by molar-refractivity contribution is 5.90. The van der Waals surface area contributed by atoms with Crippen LogP contribution in [-0.2, 0) is 14.2 Å². The quantitative estimate of drug-likeness (QED) is 0.823. The Labute approximate surface area is 149 Å². The zero-order chi connectivity index (χ0) is 18.5. The Morgan fingerprint density at radius 1 is 0.962 bits per heavy atom. The Balaban J connectivity index is 1.63. The van der Waals surface area contributed by atoms with Crippen molar-refractivity contribution in [2.75, 3.05) is 6.61 Å². The van der Waals surface area contributed by atoms with Crippen LogP contribution >= 0.6 is 0 Å². The van der Waals surface area contributed by atoms with Crippen LogP contribution in [0.5, 0.6) is 0 Å². The van der Waals surface area contributed by atoms with Crippen LogP contribution in [0.15, 0.2) is 60.7 Å². The summed E-state index contributed by atoms with van der Waals surface area (Å²) in [5.74, 6) is -1.38. The summed E-state index contributed by atoms with van der Waals surface area (Å²) in [7, 11) is 0. The van der Waals surface area contributed by atoms with Gasteiger partial charge >= 0.3 is 11.9 Å². The molecule has 0 saturated carbocycles. The van der Waals surface area contributed by atoms with Gasteiger partial charge in [0.05, 0.1) is 11.1 Å². The number of aliphatic hydroxyl groups is 1. The molecule has 1 unspecified atom stereocenters. The summed E-state index contributed by atoms with van der Waals surface area (Å²) in [4.78, 5) is 24.1. The van der Waals surface area contributed by atoms with Crippen molar-refractivity contribution in [1.29, 1.82) is 0 Å². The van der Waals surface area contributed by atoms with Crippen LogP contribution in [0.1, 0.15) is 20.7 Å². The summed E-state index contributed by atoms with van der Waals surface area (Å²) in [6.45, 7) is -0.363. The van der Waals surface area contributed by atoms with E-state index in [2.05, 4.69) is 0 Å². The molecule has 6 nitrogen and oxygen atoms in total. The third-order valence-electron chi connectivity index (χ3n) is 3.91. The maximum absolute atomic E-state index is 14.2. The van der Waals surface area contributed by atoms with E-state index in [9.17, 15) is 19.1 Å². The normalized spacial score (nSPS) is 24.8. The number of benzene rings is 2. The summed E-state index contributed by atoms with van der Waals surface area (Å²) >= 11 is 0. The molecule has 2 aromatic rings. The number of hydrogen-bond donors (Lipinski definition) is 1. The summed E-state index contributed by atoms with van der Waals surface area (Å²) in [6.07, 6.45) is -6.20. The minimum Gasteiger partial charge on any atom is -0.459 e. The van der Waals surface area contributed by atoms with Crippen molar-refractivity contribution in [2.24, 2.45) is 0 Å². The molecule has 136 valence electrons. The maximum Gasteiger partial charge on any atom is 0.338 e. The summed E-state index contributed by atoms with van der Waals surface area (Å²) in [6, 6.07) is 16.3. The number of carbonyl (C=O) groups excluding carboxylic acids is 2. The van der Waals surface area contributed by atoms with Gasteiger partial charge in [0.2, 0.25) is 0 Å². The van der Waals surface area contributed by atoms with E-state index < -0.39 is 36.6 Å². The van der Waals surface area contributed by atoms with E-state index in [1.807, 2.05) is 0 Å². The Bertz CT molecular complexity index is 751. The lowest BCUT2D eigenvalue weighted by molar-refractivity contribution is -0.122. The van der Waals surface area contributed by atoms with Gasteiger partial charge in [0.15, 0.2) is 18.6 Å². The van der Waals surface area contributed by atoms with Crippen LogP contribution < -0.4 is 0 Å². The van der Waals surface area contributed by atoms with Crippen molar-refractivity contribution < 1.29 is 33.3 Å². The molecule has 3 rings (SSSR count). The van der Waals surface area contributed by atoms with Gasteiger partial charge in [0, 0.05) is 0 Å². The van der Waals surface area contributed by atoms with E-state index in [1.54, 1.807) is 48.5 Å². The second-order valence-corrected chi connectivity index (χ2v) is 5.71. The lowest BCUT2D eigenvalue weighted by Gasteiger charge is -2.19. The van der Waals surface area contributed by atoms with Crippen molar-refractivity contribution in [3.05, 3.63) is 71.8 Å². The molecule has 0 radical (unpaired) electrons. The first-order chi connectivity index (χ1) is 12.6. The molecule has 2 aromatic carbocycles. The van der Waals surface area contributed by atoms with Crippen LogP contribution in [-0.4, -0.2) is 48.3 Å². The number of aliphatic hydroxyl groups excluding tert-OH is 1. The number of hydrogen-bond acceptors (Lipinski definition) is 6. The van der Waals surface area contributed by atoms with Gasteiger partial charge in [-0.05, 0) is 24.3 Å². The highest BCUT2D eigenvalue weighted by Gasteiger charge is 2.47. The standard InChI is InChI=1S/C19H17FO6/c20-15-16(26-18(22)13-9-5-2-6-10-13)14(25-19(15)23)11-24-17(21)12-7-3-1-4-8-12/h1-10,14-16,19,23H,11H2/t14-,15+,16-,19?/m0/s1. The molecule has 1 N–H and O–H groups in total. The van der Waals surface area contributed by atoms with Crippen molar-refractivity contribution >= 4 is 11.9 Å². The molecular formula is C19H17FO6. The smallest absolute Gasteiger partial charge is 0.338 e. The molecule has 7 heteroatoms. The zero-order valence-electron chi connectivity index (χ0n) is 13.7. The first kappa shape index (κ1) is 18.0. The molecule has 0 spiro atoms. The predicted molar refractivity (Wildman–Crippen MR) is 88.1 cm³/mol. The average Bonchev–Trinajstić information content (AvgIpc) is 2.95. The lowest BCUT2D eigenvalue weighted by atomic mass is 10.1. The number of esters is 2. The van der Waals surface area contributed by atoms with Crippen molar-refractivity contribution in [2.45, 2.75) is 24.7 Å². The van der Waals surface area contributed by atoms with Gasteiger partial charge in [0.25, 0.3) is 0 Å². The molecule has 26 heavy (non-hydrogen) atoms. The fraction of sp³-hybridized carbons (Fsp3) is 0.263. The van der Waals surface area contributed by atoms with Gasteiger partial charge in [0.1, 0.15) is 12.7 Å². The van der Waals surface area contributed by atoms with Gasteiger partial charge in [-0.1, -0.05) is 36.4 Å². The first-order valence-electron chi connectivity index (χ1n) is 8.02. The van der Waals surface area contributed by atoms with Gasteiger partial charge in [-0.25, -0.2) is 14.0 Å². The molecule has 0 amide bonds. The first-order valence-corrected chi connectivity index (χ1v) is 8.02. The van der Waals surface area contributed by atoms with Crippen molar-refractivity contribution in [3.63, 3.8) is 0 Å². The van der Waals surface area contributed by atoms with Crippen LogP contribution in [0.4, 0.5) is 4.39 Å². The minimum absolute atomic E-state index is 0.237. The van der Waals surface area contributed by atoms with Crippen LogP contribution in [0.3, 0.4) is 0 Å². The third-order valence-corrected chi connectivity index (χ3v) is 3.91. The van der Waals surface area contributed by atoms with Crippen LogP contribution in [0.2, 0.25) is 0 Å². The third kappa shape index (κ3) is 4.07. The fourth-order valence-electron chi connectivity index (χ4n) is 2.56. The van der Waals surface area contributed by atoms with Crippen molar-refractivity contribution in [1.82, 2.24) is 0 Å². The highest BCUT2D eigenvalue weighted by Crippen LogP contribution is 2.26. The SMILES string of the molecule is O=C(OC[C@@H]1OC(O)[C@H](F)[C@H]1OC(=O)c1ccccc1)c1ccccc1. The second-order valence-electron chi connectivity index (χ2n) is 5.71. The van der Waals surface area contributed by atoms with Gasteiger partial charge in [-0.2, -0.15) is 0 Å². The Morgan fingerprint density at radius 2 is 1.50 bits per heavy atom. The maximum atomic E-state index is 14.2. The summed E-state index contributed by atoms with van der Waals surface area (Å²) < 4.78 is 29.4. The van der Waals surface area contributed by atoms with Gasteiger partial charge in [-0.15, -0.1) is 0 Å². The Kier molecular flexibility index (Phi) is 5.60. The number of ether oxygens (including phenoxy) is 3. The molecule has 1 aliphatic rings. The van der Waals surface area contributed by atoms with Crippen molar-refractivity contribution in [3.8, 4) is 0 Å². The number of rotatable bonds is 5. The zero-order valence-corrected chi connectivity index (χ0v) is 13.7. The second kappa shape index (κ2) is 8.07. The minimum atomic E-state index is -1.94. The number of halogens is 1. The van der Waals surface area contributed by atoms with Crippen LogP contribution in [0, 0.1) is 0 Å². The van der Waals surface area contributed by atoms with E-state index in [0.717, 1.165) is 0 Å². The Hall–Kier alpha value is -2.77. The summed E-state index contributed by atoms with van der Waals surface area (Å²) in [5, 5.41) is 9.58. The molecule has 0 bridgehead atoms. The van der Waals surface area contributed by atoms with Gasteiger partial charge < -0.3 is 19.3 Å². The van der Waals surface area contributed by atoms with E-state index in [1.165, 1.54) is 12.1 Å². The van der Waals surface area contributed by atoms with E-state index in [-0.39, 0.29) is 12.2 Å². The molecule has 1 aliphatic heterocycles. The monoisotopic (exact) mass is 360 g/mol. The predicted octanol–water partition coefficient (Wildman–Crippen LogP) is 2.12. The molecule has 0 aliphatic carbocycles. The van der Waals surface area contributed by atoms with E-state index >= 15 is 0 Å². The number of alkyl halides is 1. The molecular weight excluding hydrogens is 343 g/mol. The average molecular weight is 360 g/mol. The molecule has 4 atom stereocenters. The topological polar surface area (TPSA) is 82.1 Å². The number of carbonyl (C=O) groups is 2. The lowest BCUT2D eigenvalue weighted by Crippen LogP contribution is -2.37. The molecule has 1 saturated heterocycles. The summed E-state index contributed by atoms with van der Waals surface area (Å²) in [5.41, 5.74) is 0.557. The van der Waals surface area contributed by atoms with E-state index in [0.29, 0.717) is 5.56 Å². The van der Waals surface area contributed by atoms with Gasteiger partial charge in [-0.3, -0.25) is 0 Å². The van der Waals surface area contributed by atoms with Crippen LogP contribution in [0.25, 0.3) is 0 Å². The highest BCUT2D eigenvalue weighted by atomic mass is 19.1.